The average molecular weight is 332 g/mol. The summed E-state index contributed by atoms with van der Waals surface area (Å²) in [4.78, 5) is 0. The summed E-state index contributed by atoms with van der Waals surface area (Å²) in [7, 11) is 1.50. The first-order chi connectivity index (χ1) is 11.1. The highest BCUT2D eigenvalue weighted by Gasteiger charge is 2.12. The van der Waals surface area contributed by atoms with Crippen molar-refractivity contribution in [1.82, 2.24) is 0 Å². The van der Waals surface area contributed by atoms with Crippen LogP contribution in [0.15, 0.2) is 36.4 Å². The van der Waals surface area contributed by atoms with Gasteiger partial charge in [-0.3, -0.25) is 0 Å². The van der Waals surface area contributed by atoms with E-state index in [1.807, 2.05) is 13.0 Å². The third-order valence-electron chi connectivity index (χ3n) is 3.14. The number of rotatable bonds is 5. The summed E-state index contributed by atoms with van der Waals surface area (Å²) in [6.45, 7) is 2.29. The summed E-state index contributed by atoms with van der Waals surface area (Å²) in [6, 6.07) is 11.5. The molecule has 23 heavy (non-hydrogen) atoms. The van der Waals surface area contributed by atoms with Gasteiger partial charge in [-0.25, -0.2) is 4.39 Å². The van der Waals surface area contributed by atoms with Gasteiger partial charge in [0.2, 0.25) is 0 Å². The Hall–Kier alpha value is -2.51. The van der Waals surface area contributed by atoms with Gasteiger partial charge < -0.3 is 9.47 Å². The third kappa shape index (κ3) is 3.82. The van der Waals surface area contributed by atoms with Crippen LogP contribution in [0.4, 0.5) is 4.39 Å². The first kappa shape index (κ1) is 16.9. The van der Waals surface area contributed by atoms with Gasteiger partial charge in [-0.05, 0) is 36.8 Å². The zero-order valence-electron chi connectivity index (χ0n) is 12.8. The fourth-order valence-corrected chi connectivity index (χ4v) is 2.40. The van der Waals surface area contributed by atoms with Gasteiger partial charge in [-0.1, -0.05) is 29.8 Å². The Morgan fingerprint density at radius 1 is 1.35 bits per heavy atom. The van der Waals surface area contributed by atoms with Crippen LogP contribution in [0.2, 0.25) is 5.02 Å². The number of halogens is 2. The largest absolute Gasteiger partial charge is 0.493 e. The molecule has 2 aromatic rings. The van der Waals surface area contributed by atoms with Gasteiger partial charge in [0.15, 0.2) is 11.5 Å². The molecule has 0 saturated heterocycles. The van der Waals surface area contributed by atoms with Crippen molar-refractivity contribution in [3.63, 3.8) is 0 Å². The van der Waals surface area contributed by atoms with Crippen molar-refractivity contribution in [3.8, 4) is 17.6 Å². The highest BCUT2D eigenvalue weighted by Crippen LogP contribution is 2.37. The Morgan fingerprint density at radius 3 is 2.70 bits per heavy atom. The molecule has 0 amide bonds. The molecule has 0 aliphatic rings. The van der Waals surface area contributed by atoms with Crippen molar-refractivity contribution >= 4 is 23.3 Å². The lowest BCUT2D eigenvalue weighted by Crippen LogP contribution is -1.97. The fraction of sp³-hybridized carbons (Fsp3) is 0.167. The van der Waals surface area contributed by atoms with Crippen molar-refractivity contribution in [3.05, 3.63) is 58.4 Å². The lowest BCUT2D eigenvalue weighted by molar-refractivity contribution is 0.311. The zero-order chi connectivity index (χ0) is 16.8. The highest BCUT2D eigenvalue weighted by atomic mass is 35.5. The molecule has 0 radical (unpaired) electrons. The molecule has 5 heteroatoms. The minimum atomic E-state index is -0.454. The zero-order valence-corrected chi connectivity index (χ0v) is 13.5. The second-order valence-electron chi connectivity index (χ2n) is 4.62. The molecule has 0 aliphatic carbocycles. The van der Waals surface area contributed by atoms with Gasteiger partial charge >= 0.3 is 0 Å². The summed E-state index contributed by atoms with van der Waals surface area (Å²) in [5, 5.41) is 9.69. The van der Waals surface area contributed by atoms with E-state index >= 15 is 0 Å². The third-order valence-corrected chi connectivity index (χ3v) is 3.42. The van der Waals surface area contributed by atoms with Gasteiger partial charge in [0.1, 0.15) is 5.82 Å². The molecule has 0 bridgehead atoms. The van der Waals surface area contributed by atoms with E-state index in [0.29, 0.717) is 28.7 Å². The maximum absolute atomic E-state index is 13.9. The van der Waals surface area contributed by atoms with Gasteiger partial charge in [0, 0.05) is 5.56 Å². The van der Waals surface area contributed by atoms with Crippen LogP contribution in [0.25, 0.3) is 11.6 Å². The SMILES string of the molecule is CCOc1c(Cl)cc(C=C(C#N)c2ccccc2F)cc1OC. The van der Waals surface area contributed by atoms with Crippen LogP contribution in [-0.4, -0.2) is 13.7 Å². The maximum Gasteiger partial charge on any atom is 0.179 e. The molecule has 0 heterocycles. The predicted octanol–water partition coefficient (Wildman–Crippen LogP) is 4.95. The first-order valence-corrected chi connectivity index (χ1v) is 7.35. The summed E-state index contributed by atoms with van der Waals surface area (Å²) >= 11 is 6.20. The molecule has 118 valence electrons. The summed E-state index contributed by atoms with van der Waals surface area (Å²) in [6.07, 6.45) is 1.56. The molecule has 0 spiro atoms. The van der Waals surface area contributed by atoms with Crippen molar-refractivity contribution < 1.29 is 13.9 Å². The van der Waals surface area contributed by atoms with Gasteiger partial charge in [0.05, 0.1) is 30.4 Å². The summed E-state index contributed by atoms with van der Waals surface area (Å²) in [5.74, 6) is 0.443. The molecular weight excluding hydrogens is 317 g/mol. The minimum absolute atomic E-state index is 0.199. The maximum atomic E-state index is 13.9. The van der Waals surface area contributed by atoms with E-state index in [-0.39, 0.29) is 11.1 Å². The van der Waals surface area contributed by atoms with E-state index in [4.69, 9.17) is 21.1 Å². The monoisotopic (exact) mass is 331 g/mol. The topological polar surface area (TPSA) is 42.2 Å². The minimum Gasteiger partial charge on any atom is -0.493 e. The molecule has 0 aromatic heterocycles. The molecule has 0 atom stereocenters. The molecule has 0 aliphatic heterocycles. The number of nitrogens with zero attached hydrogens (tertiary/aromatic N) is 1. The lowest BCUT2D eigenvalue weighted by Gasteiger charge is -2.12. The van der Waals surface area contributed by atoms with Crippen molar-refractivity contribution in [2.75, 3.05) is 13.7 Å². The van der Waals surface area contributed by atoms with Crippen LogP contribution < -0.4 is 9.47 Å². The average Bonchev–Trinajstić information content (AvgIpc) is 2.55. The van der Waals surface area contributed by atoms with E-state index in [1.165, 1.54) is 13.2 Å². The summed E-state index contributed by atoms with van der Waals surface area (Å²) in [5.41, 5.74) is 1.06. The number of hydrogen-bond donors (Lipinski definition) is 0. The van der Waals surface area contributed by atoms with Crippen LogP contribution in [0.5, 0.6) is 11.5 Å². The van der Waals surface area contributed by atoms with Gasteiger partial charge in [-0.15, -0.1) is 0 Å². The normalized spacial score (nSPS) is 11.0. The fourth-order valence-electron chi connectivity index (χ4n) is 2.12. The van der Waals surface area contributed by atoms with Gasteiger partial charge in [0.25, 0.3) is 0 Å². The first-order valence-electron chi connectivity index (χ1n) is 6.97. The van der Waals surface area contributed by atoms with Crippen LogP contribution in [0.3, 0.4) is 0 Å². The highest BCUT2D eigenvalue weighted by molar-refractivity contribution is 6.32. The van der Waals surface area contributed by atoms with E-state index in [9.17, 15) is 9.65 Å². The number of allylic oxidation sites excluding steroid dienone is 1. The standard InChI is InChI=1S/C18H15ClFNO2/c1-3-23-18-15(19)9-12(10-17(18)22-2)8-13(11-21)14-6-4-5-7-16(14)20/h4-10H,3H2,1-2H3. The Morgan fingerprint density at radius 2 is 2.09 bits per heavy atom. The molecule has 0 N–H and O–H groups in total. The van der Waals surface area contributed by atoms with E-state index in [1.54, 1.807) is 36.4 Å². The number of ether oxygens (including phenoxy) is 2. The second kappa shape index (κ2) is 7.66. The number of hydrogen-bond acceptors (Lipinski definition) is 3. The number of benzene rings is 2. The molecule has 2 rings (SSSR count). The Bertz CT molecular complexity index is 781. The van der Waals surface area contributed by atoms with Crippen molar-refractivity contribution in [1.29, 1.82) is 5.26 Å². The molecule has 0 fully saturated rings. The Balaban J connectivity index is 2.51. The van der Waals surface area contributed by atoms with Gasteiger partial charge in [-0.2, -0.15) is 5.26 Å². The van der Waals surface area contributed by atoms with E-state index in [0.717, 1.165) is 0 Å². The molecule has 0 saturated carbocycles. The van der Waals surface area contributed by atoms with Crippen LogP contribution in [-0.2, 0) is 0 Å². The van der Waals surface area contributed by atoms with Crippen LogP contribution in [0.1, 0.15) is 18.1 Å². The van der Waals surface area contributed by atoms with Crippen molar-refractivity contribution in [2.45, 2.75) is 6.92 Å². The van der Waals surface area contributed by atoms with Crippen LogP contribution in [0, 0.1) is 17.1 Å². The van der Waals surface area contributed by atoms with E-state index in [2.05, 4.69) is 0 Å². The molecular formula is C18H15ClFNO2. The van der Waals surface area contributed by atoms with Crippen molar-refractivity contribution in [2.24, 2.45) is 0 Å². The second-order valence-corrected chi connectivity index (χ2v) is 5.02. The molecule has 3 nitrogen and oxygen atoms in total. The number of nitriles is 1. The summed E-state index contributed by atoms with van der Waals surface area (Å²) < 4.78 is 24.6. The molecule has 2 aromatic carbocycles. The Labute approximate surface area is 139 Å². The van der Waals surface area contributed by atoms with E-state index < -0.39 is 5.82 Å². The quantitative estimate of drug-likeness (QED) is 0.575. The van der Waals surface area contributed by atoms with Crippen LogP contribution >= 0.6 is 11.6 Å². The Kier molecular flexibility index (Phi) is 5.61. The smallest absolute Gasteiger partial charge is 0.179 e. The predicted molar refractivity (Wildman–Crippen MR) is 89.1 cm³/mol. The number of methoxy groups -OCH3 is 1. The molecule has 0 unspecified atom stereocenters. The lowest BCUT2D eigenvalue weighted by atomic mass is 10.0.